The van der Waals surface area contributed by atoms with Gasteiger partial charge in [0.25, 0.3) is 0 Å². The number of aromatic nitrogens is 1. The minimum Gasteiger partial charge on any atom is -0.317 e. The van der Waals surface area contributed by atoms with E-state index in [0.29, 0.717) is 6.04 Å². The summed E-state index contributed by atoms with van der Waals surface area (Å²) in [5.74, 6) is 0. The van der Waals surface area contributed by atoms with Crippen LogP contribution in [0.1, 0.15) is 25.0 Å². The molecule has 1 atom stereocenters. The summed E-state index contributed by atoms with van der Waals surface area (Å²) in [6.45, 7) is 3.29. The van der Waals surface area contributed by atoms with Gasteiger partial charge in [0.15, 0.2) is 0 Å². The standard InChI is InChI=1S/C13H21N3/c1-16(11-12-5-2-3-9-15-12)13-6-4-8-14-10-7-13/h2-3,5,9,13-14H,4,6-8,10-11H2,1H3/t13-/m0/s1. The van der Waals surface area contributed by atoms with Crippen LogP contribution in [0, 0.1) is 0 Å². The number of pyridine rings is 1. The van der Waals surface area contributed by atoms with Gasteiger partial charge in [-0.1, -0.05) is 6.07 Å². The van der Waals surface area contributed by atoms with Crippen LogP contribution in [0.5, 0.6) is 0 Å². The van der Waals surface area contributed by atoms with Crippen molar-refractivity contribution in [2.24, 2.45) is 0 Å². The second-order valence-electron chi connectivity index (χ2n) is 4.57. The van der Waals surface area contributed by atoms with Gasteiger partial charge in [0.05, 0.1) is 5.69 Å². The van der Waals surface area contributed by atoms with Crippen LogP contribution in [0.4, 0.5) is 0 Å². The third-order valence-corrected chi connectivity index (χ3v) is 3.31. The highest BCUT2D eigenvalue weighted by atomic mass is 15.1. The van der Waals surface area contributed by atoms with Gasteiger partial charge in [-0.05, 0) is 51.5 Å². The molecule has 1 saturated heterocycles. The molecule has 1 aromatic heterocycles. The fourth-order valence-corrected chi connectivity index (χ4v) is 2.32. The molecule has 2 heterocycles. The van der Waals surface area contributed by atoms with Gasteiger partial charge in [0.1, 0.15) is 0 Å². The van der Waals surface area contributed by atoms with Crippen molar-refractivity contribution in [3.63, 3.8) is 0 Å². The van der Waals surface area contributed by atoms with Crippen molar-refractivity contribution in [1.82, 2.24) is 15.2 Å². The van der Waals surface area contributed by atoms with Crippen molar-refractivity contribution in [1.29, 1.82) is 0 Å². The normalized spacial score (nSPS) is 22.0. The summed E-state index contributed by atoms with van der Waals surface area (Å²) >= 11 is 0. The predicted octanol–water partition coefficient (Wildman–Crippen LogP) is 1.66. The van der Waals surface area contributed by atoms with Gasteiger partial charge in [0, 0.05) is 18.8 Å². The van der Waals surface area contributed by atoms with E-state index < -0.39 is 0 Å². The second kappa shape index (κ2) is 5.97. The Morgan fingerprint density at radius 2 is 2.31 bits per heavy atom. The molecular weight excluding hydrogens is 198 g/mol. The van der Waals surface area contributed by atoms with E-state index in [1.807, 2.05) is 12.3 Å². The molecule has 0 aromatic carbocycles. The molecule has 88 valence electrons. The predicted molar refractivity (Wildman–Crippen MR) is 66.2 cm³/mol. The number of rotatable bonds is 3. The zero-order valence-electron chi connectivity index (χ0n) is 10.0. The fraction of sp³-hybridized carbons (Fsp3) is 0.615. The molecule has 1 aromatic rings. The lowest BCUT2D eigenvalue weighted by Gasteiger charge is -2.26. The maximum absolute atomic E-state index is 4.38. The zero-order chi connectivity index (χ0) is 11.2. The molecule has 0 amide bonds. The maximum atomic E-state index is 4.38. The average molecular weight is 219 g/mol. The SMILES string of the molecule is CN(Cc1ccccn1)[C@H]1CCCNCC1. The van der Waals surface area contributed by atoms with Gasteiger partial charge >= 0.3 is 0 Å². The summed E-state index contributed by atoms with van der Waals surface area (Å²) < 4.78 is 0. The Bertz CT molecular complexity index is 291. The number of nitrogens with one attached hydrogen (secondary N) is 1. The van der Waals surface area contributed by atoms with Gasteiger partial charge < -0.3 is 5.32 Å². The van der Waals surface area contributed by atoms with Crippen LogP contribution in [-0.4, -0.2) is 36.1 Å². The van der Waals surface area contributed by atoms with Gasteiger partial charge in [-0.2, -0.15) is 0 Å². The lowest BCUT2D eigenvalue weighted by Crippen LogP contribution is -2.32. The quantitative estimate of drug-likeness (QED) is 0.838. The van der Waals surface area contributed by atoms with E-state index in [4.69, 9.17) is 0 Å². The molecule has 3 nitrogen and oxygen atoms in total. The molecule has 1 N–H and O–H groups in total. The molecule has 1 fully saturated rings. The van der Waals surface area contributed by atoms with E-state index in [2.05, 4.69) is 34.4 Å². The van der Waals surface area contributed by atoms with Crippen LogP contribution in [0.25, 0.3) is 0 Å². The van der Waals surface area contributed by atoms with Crippen molar-refractivity contribution in [3.05, 3.63) is 30.1 Å². The van der Waals surface area contributed by atoms with E-state index >= 15 is 0 Å². The summed E-state index contributed by atoms with van der Waals surface area (Å²) in [4.78, 5) is 6.82. The van der Waals surface area contributed by atoms with Crippen LogP contribution in [0.15, 0.2) is 24.4 Å². The lowest BCUT2D eigenvalue weighted by molar-refractivity contribution is 0.214. The molecule has 0 saturated carbocycles. The molecule has 0 aliphatic carbocycles. The minimum atomic E-state index is 0.706. The highest BCUT2D eigenvalue weighted by molar-refractivity contribution is 5.03. The Labute approximate surface area is 97.9 Å². The van der Waals surface area contributed by atoms with Gasteiger partial charge in [-0.25, -0.2) is 0 Å². The van der Waals surface area contributed by atoms with E-state index in [1.165, 1.54) is 31.5 Å². The fourth-order valence-electron chi connectivity index (χ4n) is 2.32. The monoisotopic (exact) mass is 219 g/mol. The highest BCUT2D eigenvalue weighted by Gasteiger charge is 2.16. The highest BCUT2D eigenvalue weighted by Crippen LogP contribution is 2.13. The third-order valence-electron chi connectivity index (χ3n) is 3.31. The Morgan fingerprint density at radius 1 is 1.38 bits per heavy atom. The van der Waals surface area contributed by atoms with E-state index in [1.54, 1.807) is 0 Å². The Hall–Kier alpha value is -0.930. The summed E-state index contributed by atoms with van der Waals surface area (Å²) in [5, 5.41) is 3.45. The largest absolute Gasteiger partial charge is 0.317 e. The first-order chi connectivity index (χ1) is 7.86. The van der Waals surface area contributed by atoms with Crippen LogP contribution < -0.4 is 5.32 Å². The van der Waals surface area contributed by atoms with Crippen LogP contribution >= 0.6 is 0 Å². The molecule has 0 radical (unpaired) electrons. The Balaban J connectivity index is 1.89. The van der Waals surface area contributed by atoms with Crippen LogP contribution in [0.2, 0.25) is 0 Å². The number of hydrogen-bond acceptors (Lipinski definition) is 3. The molecule has 16 heavy (non-hydrogen) atoms. The first-order valence-corrected chi connectivity index (χ1v) is 6.17. The molecule has 0 bridgehead atoms. The molecule has 0 unspecified atom stereocenters. The first kappa shape index (κ1) is 11.6. The summed E-state index contributed by atoms with van der Waals surface area (Å²) in [6, 6.07) is 6.84. The maximum Gasteiger partial charge on any atom is 0.0543 e. The van der Waals surface area contributed by atoms with Crippen molar-refractivity contribution in [2.45, 2.75) is 31.8 Å². The third kappa shape index (κ3) is 3.29. The zero-order valence-corrected chi connectivity index (χ0v) is 10.0. The van der Waals surface area contributed by atoms with Crippen LogP contribution in [-0.2, 0) is 6.54 Å². The van der Waals surface area contributed by atoms with E-state index in [9.17, 15) is 0 Å². The lowest BCUT2D eigenvalue weighted by atomic mass is 10.1. The van der Waals surface area contributed by atoms with Crippen molar-refractivity contribution >= 4 is 0 Å². The topological polar surface area (TPSA) is 28.2 Å². The number of hydrogen-bond donors (Lipinski definition) is 1. The molecule has 1 aliphatic rings. The average Bonchev–Trinajstić information content (AvgIpc) is 2.59. The van der Waals surface area contributed by atoms with E-state index in [0.717, 1.165) is 13.1 Å². The number of nitrogens with zero attached hydrogens (tertiary/aromatic N) is 2. The Kier molecular flexibility index (Phi) is 4.31. The first-order valence-electron chi connectivity index (χ1n) is 6.17. The van der Waals surface area contributed by atoms with Crippen molar-refractivity contribution in [3.8, 4) is 0 Å². The molecular formula is C13H21N3. The molecule has 1 aliphatic heterocycles. The Morgan fingerprint density at radius 3 is 3.12 bits per heavy atom. The minimum absolute atomic E-state index is 0.706. The van der Waals surface area contributed by atoms with Gasteiger partial charge in [-0.3, -0.25) is 9.88 Å². The van der Waals surface area contributed by atoms with Gasteiger partial charge in [0.2, 0.25) is 0 Å². The molecule has 2 rings (SSSR count). The van der Waals surface area contributed by atoms with Crippen LogP contribution in [0.3, 0.4) is 0 Å². The summed E-state index contributed by atoms with van der Waals surface area (Å²) in [6.07, 6.45) is 5.72. The van der Waals surface area contributed by atoms with E-state index in [-0.39, 0.29) is 0 Å². The van der Waals surface area contributed by atoms with Gasteiger partial charge in [-0.15, -0.1) is 0 Å². The smallest absolute Gasteiger partial charge is 0.0543 e. The van der Waals surface area contributed by atoms with Crippen molar-refractivity contribution < 1.29 is 0 Å². The summed E-state index contributed by atoms with van der Waals surface area (Å²) in [7, 11) is 2.21. The molecule has 0 spiro atoms. The van der Waals surface area contributed by atoms with Crippen molar-refractivity contribution in [2.75, 3.05) is 20.1 Å². The summed E-state index contributed by atoms with van der Waals surface area (Å²) in [5.41, 5.74) is 1.17. The second-order valence-corrected chi connectivity index (χ2v) is 4.57. The molecule has 3 heteroatoms.